The minimum atomic E-state index is -0.398. The molecule has 2 aromatic carbocycles. The summed E-state index contributed by atoms with van der Waals surface area (Å²) >= 11 is 0. The van der Waals surface area contributed by atoms with Gasteiger partial charge in [-0.25, -0.2) is 0 Å². The van der Waals surface area contributed by atoms with Crippen molar-refractivity contribution in [2.75, 3.05) is 42.5 Å². The zero-order valence-corrected chi connectivity index (χ0v) is 16.2. The van der Waals surface area contributed by atoms with Gasteiger partial charge in [-0.1, -0.05) is 6.07 Å². The molecule has 0 saturated carbocycles. The predicted molar refractivity (Wildman–Crippen MR) is 109 cm³/mol. The number of nitrogens with zero attached hydrogens (tertiary/aromatic N) is 4. The normalized spacial score (nSPS) is 16.0. The largest absolute Gasteiger partial charge is 0.368 e. The third kappa shape index (κ3) is 3.65. The summed E-state index contributed by atoms with van der Waals surface area (Å²) in [5.74, 6) is -0.00661. The van der Waals surface area contributed by atoms with E-state index in [0.717, 1.165) is 23.4 Å². The van der Waals surface area contributed by atoms with Gasteiger partial charge >= 0.3 is 0 Å². The molecule has 2 heterocycles. The number of carbonyl (C=O) groups is 2. The maximum Gasteiger partial charge on any atom is 0.271 e. The summed E-state index contributed by atoms with van der Waals surface area (Å²) in [5, 5.41) is 11.0. The van der Waals surface area contributed by atoms with Crippen LogP contribution in [0.4, 0.5) is 17.1 Å². The van der Waals surface area contributed by atoms with E-state index >= 15 is 0 Å². The number of carbonyl (C=O) groups excluding carboxylic acids is 2. The summed E-state index contributed by atoms with van der Waals surface area (Å²) in [6.45, 7) is 4.56. The van der Waals surface area contributed by atoms with Crippen LogP contribution in [0.25, 0.3) is 0 Å². The van der Waals surface area contributed by atoms with E-state index in [1.807, 2.05) is 23.1 Å². The molecule has 0 aromatic heterocycles. The van der Waals surface area contributed by atoms with Crippen LogP contribution in [0.15, 0.2) is 42.5 Å². The predicted octanol–water partition coefficient (Wildman–Crippen LogP) is 2.47. The minimum absolute atomic E-state index is 0.0140. The van der Waals surface area contributed by atoms with Crippen LogP contribution in [-0.4, -0.2) is 54.4 Å². The van der Waals surface area contributed by atoms with Crippen LogP contribution >= 0.6 is 0 Å². The van der Waals surface area contributed by atoms with Gasteiger partial charge in [-0.3, -0.25) is 19.7 Å². The Kier molecular flexibility index (Phi) is 4.92. The summed E-state index contributed by atoms with van der Waals surface area (Å²) in [7, 11) is 0. The molecule has 0 unspecified atom stereocenters. The molecule has 8 heteroatoms. The van der Waals surface area contributed by atoms with Gasteiger partial charge in [0.1, 0.15) is 0 Å². The maximum absolute atomic E-state index is 12.9. The maximum atomic E-state index is 12.9. The van der Waals surface area contributed by atoms with E-state index in [9.17, 15) is 19.7 Å². The number of benzene rings is 2. The van der Waals surface area contributed by atoms with Crippen molar-refractivity contribution in [1.29, 1.82) is 0 Å². The third-order valence-electron chi connectivity index (χ3n) is 5.57. The van der Waals surface area contributed by atoms with Gasteiger partial charge in [0.2, 0.25) is 5.91 Å². The molecule has 4 rings (SSSR count). The molecule has 0 spiro atoms. The van der Waals surface area contributed by atoms with E-state index in [2.05, 4.69) is 4.90 Å². The SMILES string of the molecule is CC(=O)N1CCc2cc(C(=O)N3CCN(c4cccc([N+](=O)[O-])c4)CC3)ccc21. The molecule has 8 nitrogen and oxygen atoms in total. The molecular formula is C21H22N4O4. The Balaban J connectivity index is 1.43. The summed E-state index contributed by atoms with van der Waals surface area (Å²) < 4.78 is 0. The minimum Gasteiger partial charge on any atom is -0.368 e. The van der Waals surface area contributed by atoms with E-state index in [1.54, 1.807) is 30.0 Å². The van der Waals surface area contributed by atoms with Crippen LogP contribution < -0.4 is 9.80 Å². The summed E-state index contributed by atoms with van der Waals surface area (Å²) in [6.07, 6.45) is 0.761. The van der Waals surface area contributed by atoms with Gasteiger partial charge in [-0.05, 0) is 36.2 Å². The molecule has 2 amide bonds. The molecule has 150 valence electrons. The van der Waals surface area contributed by atoms with Crippen molar-refractivity contribution in [3.63, 3.8) is 0 Å². The first-order valence-electron chi connectivity index (χ1n) is 9.64. The molecule has 1 fully saturated rings. The first-order chi connectivity index (χ1) is 13.9. The Morgan fingerprint density at radius 1 is 1.00 bits per heavy atom. The second-order valence-electron chi connectivity index (χ2n) is 7.32. The van der Waals surface area contributed by atoms with E-state index in [1.165, 1.54) is 6.07 Å². The van der Waals surface area contributed by atoms with Crippen molar-refractivity contribution in [2.45, 2.75) is 13.3 Å². The molecule has 1 saturated heterocycles. The van der Waals surface area contributed by atoms with Crippen LogP contribution in [-0.2, 0) is 11.2 Å². The molecular weight excluding hydrogens is 372 g/mol. The van der Waals surface area contributed by atoms with E-state index in [0.29, 0.717) is 38.3 Å². The standard InChI is InChI=1S/C21H22N4O4/c1-15(26)24-8-7-16-13-17(5-6-20(16)24)21(27)23-11-9-22(10-12-23)18-3-2-4-19(14-18)25(28)29/h2-6,13-14H,7-12H2,1H3. The zero-order valence-electron chi connectivity index (χ0n) is 16.2. The van der Waals surface area contributed by atoms with Gasteiger partial charge in [0.25, 0.3) is 11.6 Å². The van der Waals surface area contributed by atoms with E-state index < -0.39 is 4.92 Å². The number of hydrogen-bond donors (Lipinski definition) is 0. The van der Waals surface area contributed by atoms with Crippen molar-refractivity contribution in [1.82, 2.24) is 4.90 Å². The van der Waals surface area contributed by atoms with Crippen molar-refractivity contribution in [2.24, 2.45) is 0 Å². The fourth-order valence-corrected chi connectivity index (χ4v) is 4.02. The fourth-order valence-electron chi connectivity index (χ4n) is 4.02. The van der Waals surface area contributed by atoms with Crippen molar-refractivity contribution >= 4 is 28.9 Å². The average molecular weight is 394 g/mol. The first kappa shape index (κ1) is 18.9. The molecule has 0 atom stereocenters. The summed E-state index contributed by atoms with van der Waals surface area (Å²) in [4.78, 5) is 40.8. The molecule has 0 N–H and O–H groups in total. The van der Waals surface area contributed by atoms with Crippen LogP contribution in [0.1, 0.15) is 22.8 Å². The smallest absolute Gasteiger partial charge is 0.271 e. The second kappa shape index (κ2) is 7.54. The Hall–Kier alpha value is -3.42. The number of anilines is 2. The van der Waals surface area contributed by atoms with Gasteiger partial charge in [-0.15, -0.1) is 0 Å². The molecule has 2 aromatic rings. The Labute approximate surface area is 168 Å². The lowest BCUT2D eigenvalue weighted by Crippen LogP contribution is -2.48. The van der Waals surface area contributed by atoms with E-state index in [4.69, 9.17) is 0 Å². The molecule has 2 aliphatic rings. The molecule has 0 aliphatic carbocycles. The molecule has 0 bridgehead atoms. The number of piperazine rings is 1. The zero-order chi connectivity index (χ0) is 20.5. The highest BCUT2D eigenvalue weighted by atomic mass is 16.6. The van der Waals surface area contributed by atoms with Gasteiger partial charge in [0, 0.05) is 68.7 Å². The summed E-state index contributed by atoms with van der Waals surface area (Å²) in [5.41, 5.74) is 3.43. The summed E-state index contributed by atoms with van der Waals surface area (Å²) in [6, 6.07) is 12.1. The lowest BCUT2D eigenvalue weighted by Gasteiger charge is -2.36. The lowest BCUT2D eigenvalue weighted by atomic mass is 10.1. The van der Waals surface area contributed by atoms with Crippen LogP contribution in [0, 0.1) is 10.1 Å². The second-order valence-corrected chi connectivity index (χ2v) is 7.32. The number of amides is 2. The first-order valence-corrected chi connectivity index (χ1v) is 9.64. The van der Waals surface area contributed by atoms with Crippen LogP contribution in [0.2, 0.25) is 0 Å². The Morgan fingerprint density at radius 3 is 2.45 bits per heavy atom. The Morgan fingerprint density at radius 2 is 1.76 bits per heavy atom. The highest BCUT2D eigenvalue weighted by Gasteiger charge is 2.26. The highest BCUT2D eigenvalue weighted by Crippen LogP contribution is 2.29. The fraction of sp³-hybridized carbons (Fsp3) is 0.333. The average Bonchev–Trinajstić information content (AvgIpc) is 3.17. The molecule has 2 aliphatic heterocycles. The quantitative estimate of drug-likeness (QED) is 0.590. The van der Waals surface area contributed by atoms with Crippen LogP contribution in [0.3, 0.4) is 0 Å². The highest BCUT2D eigenvalue weighted by molar-refractivity contribution is 5.98. The van der Waals surface area contributed by atoms with Crippen LogP contribution in [0.5, 0.6) is 0 Å². The van der Waals surface area contributed by atoms with Gasteiger partial charge < -0.3 is 14.7 Å². The monoisotopic (exact) mass is 394 g/mol. The van der Waals surface area contributed by atoms with E-state index in [-0.39, 0.29) is 17.5 Å². The number of fused-ring (bicyclic) bond motifs is 1. The van der Waals surface area contributed by atoms with Gasteiger partial charge in [0.15, 0.2) is 0 Å². The lowest BCUT2D eigenvalue weighted by molar-refractivity contribution is -0.384. The van der Waals surface area contributed by atoms with Gasteiger partial charge in [-0.2, -0.15) is 0 Å². The Bertz CT molecular complexity index is 982. The number of rotatable bonds is 3. The molecule has 0 radical (unpaired) electrons. The number of hydrogen-bond acceptors (Lipinski definition) is 5. The molecule has 29 heavy (non-hydrogen) atoms. The topological polar surface area (TPSA) is 87.0 Å². The number of nitro groups is 1. The van der Waals surface area contributed by atoms with Gasteiger partial charge in [0.05, 0.1) is 4.92 Å². The number of non-ortho nitro benzene ring substituents is 1. The third-order valence-corrected chi connectivity index (χ3v) is 5.57. The number of nitro benzene ring substituents is 1. The van der Waals surface area contributed by atoms with Crippen molar-refractivity contribution in [3.05, 3.63) is 63.7 Å². The van der Waals surface area contributed by atoms with Crippen molar-refractivity contribution < 1.29 is 14.5 Å². The van der Waals surface area contributed by atoms with Crippen molar-refractivity contribution in [3.8, 4) is 0 Å².